The summed E-state index contributed by atoms with van der Waals surface area (Å²) in [5.74, 6) is 0. The minimum absolute atomic E-state index is 1.08. The maximum Gasteiger partial charge on any atom is 0.0911 e. The van der Waals surface area contributed by atoms with Crippen molar-refractivity contribution >= 4 is 0 Å². The maximum atomic E-state index is 8.27. The molecule has 0 aliphatic heterocycles. The summed E-state index contributed by atoms with van der Waals surface area (Å²) < 4.78 is 0. The Bertz CT molecular complexity index is 139. The van der Waals surface area contributed by atoms with Crippen LogP contribution in [0.3, 0.4) is 0 Å². The zero-order chi connectivity index (χ0) is 7.82. The average Bonchev–Trinajstić information content (AvgIpc) is 1.89. The molecule has 0 saturated carbocycles. The summed E-state index contributed by atoms with van der Waals surface area (Å²) in [5.41, 5.74) is 1.20. The van der Waals surface area contributed by atoms with Crippen molar-refractivity contribution < 1.29 is 0 Å². The van der Waals surface area contributed by atoms with Crippen molar-refractivity contribution in [2.75, 3.05) is 0 Å². The number of nitriles is 1. The molecule has 0 bridgehead atoms. The third-order valence-corrected chi connectivity index (χ3v) is 1.49. The predicted molar refractivity (Wildman–Crippen MR) is 43.5 cm³/mol. The first kappa shape index (κ1) is 9.23. The van der Waals surface area contributed by atoms with E-state index >= 15 is 0 Å². The molecular weight excluding hydrogens is 122 g/mol. The first-order chi connectivity index (χ1) is 4.81. The van der Waals surface area contributed by atoms with Crippen LogP contribution in [0.5, 0.6) is 0 Å². The van der Waals surface area contributed by atoms with Gasteiger partial charge < -0.3 is 0 Å². The van der Waals surface area contributed by atoms with E-state index in [1.54, 1.807) is 6.08 Å². The van der Waals surface area contributed by atoms with Crippen LogP contribution in [0, 0.1) is 11.3 Å². The van der Waals surface area contributed by atoms with E-state index in [2.05, 4.69) is 6.92 Å². The van der Waals surface area contributed by atoms with E-state index in [1.807, 2.05) is 13.0 Å². The Morgan fingerprint density at radius 1 is 1.50 bits per heavy atom. The van der Waals surface area contributed by atoms with E-state index in [0.29, 0.717) is 0 Å². The standard InChI is InChI=1S/C9H15N/c1-3-4-5-6-9(2)7-8-10/h7H,3-6H2,1-2H3/b9-7+. The van der Waals surface area contributed by atoms with Gasteiger partial charge in [-0.3, -0.25) is 0 Å². The van der Waals surface area contributed by atoms with Gasteiger partial charge >= 0.3 is 0 Å². The number of allylic oxidation sites excluding steroid dienone is 2. The van der Waals surface area contributed by atoms with Gasteiger partial charge in [0.2, 0.25) is 0 Å². The topological polar surface area (TPSA) is 23.8 Å². The lowest BCUT2D eigenvalue weighted by Gasteiger charge is -1.96. The largest absolute Gasteiger partial charge is 0.193 e. The molecule has 0 amide bonds. The van der Waals surface area contributed by atoms with E-state index < -0.39 is 0 Å². The number of hydrogen-bond acceptors (Lipinski definition) is 1. The molecule has 1 nitrogen and oxygen atoms in total. The van der Waals surface area contributed by atoms with E-state index in [0.717, 1.165) is 6.42 Å². The summed E-state index contributed by atoms with van der Waals surface area (Å²) in [5, 5.41) is 8.27. The van der Waals surface area contributed by atoms with E-state index in [4.69, 9.17) is 5.26 Å². The van der Waals surface area contributed by atoms with Crippen LogP contribution in [0.15, 0.2) is 11.6 Å². The average molecular weight is 137 g/mol. The van der Waals surface area contributed by atoms with Crippen LogP contribution in [0.4, 0.5) is 0 Å². The van der Waals surface area contributed by atoms with Crippen LogP contribution < -0.4 is 0 Å². The van der Waals surface area contributed by atoms with E-state index in [1.165, 1.54) is 24.8 Å². The summed E-state index contributed by atoms with van der Waals surface area (Å²) in [4.78, 5) is 0. The fraction of sp³-hybridized carbons (Fsp3) is 0.667. The van der Waals surface area contributed by atoms with Crippen LogP contribution in [0.2, 0.25) is 0 Å². The van der Waals surface area contributed by atoms with Gasteiger partial charge in [-0.05, 0) is 19.8 Å². The summed E-state index contributed by atoms with van der Waals surface area (Å²) in [6.07, 6.45) is 6.47. The molecule has 0 aromatic heterocycles. The third kappa shape index (κ3) is 5.37. The minimum Gasteiger partial charge on any atom is -0.193 e. The minimum atomic E-state index is 1.08. The molecule has 0 aliphatic carbocycles. The van der Waals surface area contributed by atoms with Crippen molar-refractivity contribution in [1.29, 1.82) is 5.26 Å². The van der Waals surface area contributed by atoms with Gasteiger partial charge in [-0.2, -0.15) is 5.26 Å². The zero-order valence-electron chi connectivity index (χ0n) is 6.85. The zero-order valence-corrected chi connectivity index (χ0v) is 6.85. The first-order valence-corrected chi connectivity index (χ1v) is 3.86. The Morgan fingerprint density at radius 2 is 2.20 bits per heavy atom. The molecule has 0 rings (SSSR count). The Morgan fingerprint density at radius 3 is 2.70 bits per heavy atom. The van der Waals surface area contributed by atoms with Crippen molar-refractivity contribution in [1.82, 2.24) is 0 Å². The lowest BCUT2D eigenvalue weighted by atomic mass is 10.1. The molecule has 0 aromatic carbocycles. The van der Waals surface area contributed by atoms with Gasteiger partial charge in [-0.25, -0.2) is 0 Å². The van der Waals surface area contributed by atoms with E-state index in [9.17, 15) is 0 Å². The fourth-order valence-corrected chi connectivity index (χ4v) is 0.836. The molecule has 0 saturated heterocycles. The summed E-state index contributed by atoms with van der Waals surface area (Å²) in [6, 6.07) is 2.03. The summed E-state index contributed by atoms with van der Waals surface area (Å²) in [7, 11) is 0. The maximum absolute atomic E-state index is 8.27. The Balaban J connectivity index is 3.32. The van der Waals surface area contributed by atoms with Crippen molar-refractivity contribution in [3.63, 3.8) is 0 Å². The van der Waals surface area contributed by atoms with Crippen LogP contribution in [-0.2, 0) is 0 Å². The van der Waals surface area contributed by atoms with Gasteiger partial charge in [0.25, 0.3) is 0 Å². The van der Waals surface area contributed by atoms with Crippen molar-refractivity contribution in [2.24, 2.45) is 0 Å². The van der Waals surface area contributed by atoms with E-state index in [-0.39, 0.29) is 0 Å². The smallest absolute Gasteiger partial charge is 0.0911 e. The molecule has 10 heavy (non-hydrogen) atoms. The number of nitrogens with zero attached hydrogens (tertiary/aromatic N) is 1. The highest BCUT2D eigenvalue weighted by Gasteiger charge is 1.88. The molecule has 0 N–H and O–H groups in total. The number of rotatable bonds is 4. The van der Waals surface area contributed by atoms with Crippen molar-refractivity contribution in [3.8, 4) is 6.07 Å². The predicted octanol–water partition coefficient (Wildman–Crippen LogP) is 3.04. The lowest BCUT2D eigenvalue weighted by Crippen LogP contribution is -1.77. The highest BCUT2D eigenvalue weighted by atomic mass is 14.2. The van der Waals surface area contributed by atoms with Gasteiger partial charge in [0.05, 0.1) is 6.07 Å². The number of unbranched alkanes of at least 4 members (excludes halogenated alkanes) is 2. The Labute approximate surface area is 63.4 Å². The second-order valence-electron chi connectivity index (χ2n) is 2.58. The highest BCUT2D eigenvalue weighted by molar-refractivity contribution is 5.10. The molecule has 0 spiro atoms. The van der Waals surface area contributed by atoms with Gasteiger partial charge in [0.1, 0.15) is 0 Å². The summed E-state index contributed by atoms with van der Waals surface area (Å²) >= 11 is 0. The van der Waals surface area contributed by atoms with Crippen LogP contribution >= 0.6 is 0 Å². The summed E-state index contributed by atoms with van der Waals surface area (Å²) in [6.45, 7) is 4.20. The number of hydrogen-bond donors (Lipinski definition) is 0. The monoisotopic (exact) mass is 137 g/mol. The molecule has 0 unspecified atom stereocenters. The van der Waals surface area contributed by atoms with Crippen LogP contribution in [-0.4, -0.2) is 0 Å². The molecule has 1 heteroatoms. The molecule has 56 valence electrons. The highest BCUT2D eigenvalue weighted by Crippen LogP contribution is 2.06. The quantitative estimate of drug-likeness (QED) is 0.431. The fourth-order valence-electron chi connectivity index (χ4n) is 0.836. The van der Waals surface area contributed by atoms with Crippen LogP contribution in [0.25, 0.3) is 0 Å². The van der Waals surface area contributed by atoms with Gasteiger partial charge in [-0.15, -0.1) is 0 Å². The Hall–Kier alpha value is -0.770. The third-order valence-electron chi connectivity index (χ3n) is 1.49. The lowest BCUT2D eigenvalue weighted by molar-refractivity contribution is 0.713. The van der Waals surface area contributed by atoms with Gasteiger partial charge in [-0.1, -0.05) is 25.3 Å². The molecule has 0 aliphatic rings. The SMILES string of the molecule is CCCCC/C(C)=C/C#N. The van der Waals surface area contributed by atoms with Crippen molar-refractivity contribution in [3.05, 3.63) is 11.6 Å². The van der Waals surface area contributed by atoms with Crippen LogP contribution in [0.1, 0.15) is 39.5 Å². The molecule has 0 radical (unpaired) electrons. The first-order valence-electron chi connectivity index (χ1n) is 3.86. The van der Waals surface area contributed by atoms with Crippen molar-refractivity contribution in [2.45, 2.75) is 39.5 Å². The van der Waals surface area contributed by atoms with Gasteiger partial charge in [0, 0.05) is 6.08 Å². The second kappa shape index (κ2) is 6.35. The molecule has 0 fully saturated rings. The molecule has 0 aromatic rings. The van der Waals surface area contributed by atoms with Gasteiger partial charge in [0.15, 0.2) is 0 Å². The normalized spacial score (nSPS) is 11.1. The molecular formula is C9H15N. The molecule has 0 atom stereocenters. The molecule has 0 heterocycles. The Kier molecular flexibility index (Phi) is 5.86. The second-order valence-corrected chi connectivity index (χ2v) is 2.58.